The molecule has 15 heavy (non-hydrogen) atoms. The molecule has 0 aromatic carbocycles. The standard InChI is InChI=1S/C12H21N3/c1-11(10-13-2)15-7-3-4-12-5-8-14-9-6-12/h5-6,8-9,11,13,15H,3-4,7,10H2,1-2H3. The lowest BCUT2D eigenvalue weighted by molar-refractivity contribution is 0.515. The van der Waals surface area contributed by atoms with Crippen LogP contribution in [0.5, 0.6) is 0 Å². The minimum Gasteiger partial charge on any atom is -0.318 e. The first kappa shape index (κ1) is 12.1. The molecule has 0 radical (unpaired) electrons. The van der Waals surface area contributed by atoms with Gasteiger partial charge in [-0.25, -0.2) is 0 Å². The molecule has 0 spiro atoms. The first-order valence-electron chi connectivity index (χ1n) is 5.60. The molecule has 1 atom stereocenters. The Labute approximate surface area is 92.3 Å². The van der Waals surface area contributed by atoms with Crippen molar-refractivity contribution < 1.29 is 0 Å². The van der Waals surface area contributed by atoms with Crippen molar-refractivity contribution in [3.63, 3.8) is 0 Å². The number of nitrogens with zero attached hydrogens (tertiary/aromatic N) is 1. The molecule has 3 nitrogen and oxygen atoms in total. The predicted molar refractivity (Wildman–Crippen MR) is 63.9 cm³/mol. The molecule has 0 saturated heterocycles. The van der Waals surface area contributed by atoms with E-state index in [0.29, 0.717) is 6.04 Å². The summed E-state index contributed by atoms with van der Waals surface area (Å²) in [6.07, 6.45) is 6.01. The number of hydrogen-bond donors (Lipinski definition) is 2. The Kier molecular flexibility index (Phi) is 5.97. The summed E-state index contributed by atoms with van der Waals surface area (Å²) < 4.78 is 0. The van der Waals surface area contributed by atoms with Crippen molar-refractivity contribution in [2.75, 3.05) is 20.1 Å². The summed E-state index contributed by atoms with van der Waals surface area (Å²) in [6, 6.07) is 4.71. The average Bonchev–Trinajstić information content (AvgIpc) is 2.26. The molecule has 1 heterocycles. The highest BCUT2D eigenvalue weighted by Gasteiger charge is 1.98. The number of pyridine rings is 1. The lowest BCUT2D eigenvalue weighted by atomic mass is 10.1. The monoisotopic (exact) mass is 207 g/mol. The number of hydrogen-bond acceptors (Lipinski definition) is 3. The maximum absolute atomic E-state index is 4.00. The van der Waals surface area contributed by atoms with E-state index in [9.17, 15) is 0 Å². The minimum absolute atomic E-state index is 0.549. The molecule has 1 aromatic rings. The van der Waals surface area contributed by atoms with E-state index in [2.05, 4.69) is 34.7 Å². The topological polar surface area (TPSA) is 37.0 Å². The number of aromatic nitrogens is 1. The molecule has 0 aliphatic carbocycles. The van der Waals surface area contributed by atoms with Crippen LogP contribution in [0.3, 0.4) is 0 Å². The van der Waals surface area contributed by atoms with Crippen LogP contribution in [-0.2, 0) is 6.42 Å². The molecule has 0 amide bonds. The van der Waals surface area contributed by atoms with Crippen LogP contribution >= 0.6 is 0 Å². The van der Waals surface area contributed by atoms with Gasteiger partial charge < -0.3 is 10.6 Å². The zero-order valence-electron chi connectivity index (χ0n) is 9.66. The Morgan fingerprint density at radius 2 is 2.07 bits per heavy atom. The summed E-state index contributed by atoms with van der Waals surface area (Å²) in [7, 11) is 1.98. The van der Waals surface area contributed by atoms with Crippen LogP contribution in [0.15, 0.2) is 24.5 Å². The van der Waals surface area contributed by atoms with Crippen molar-refractivity contribution >= 4 is 0 Å². The summed E-state index contributed by atoms with van der Waals surface area (Å²) in [6.45, 7) is 4.30. The van der Waals surface area contributed by atoms with Gasteiger partial charge in [0.2, 0.25) is 0 Å². The third-order valence-electron chi connectivity index (χ3n) is 2.39. The molecule has 0 saturated carbocycles. The van der Waals surface area contributed by atoms with Crippen molar-refractivity contribution in [2.45, 2.75) is 25.8 Å². The lowest BCUT2D eigenvalue weighted by Crippen LogP contribution is -2.35. The molecule has 2 N–H and O–H groups in total. The first-order chi connectivity index (χ1) is 7.33. The lowest BCUT2D eigenvalue weighted by Gasteiger charge is -2.12. The summed E-state index contributed by atoms with van der Waals surface area (Å²) in [4.78, 5) is 4.00. The van der Waals surface area contributed by atoms with Crippen LogP contribution in [0.1, 0.15) is 18.9 Å². The largest absolute Gasteiger partial charge is 0.318 e. The molecule has 0 bridgehead atoms. The van der Waals surface area contributed by atoms with Gasteiger partial charge in [-0.2, -0.15) is 0 Å². The van der Waals surface area contributed by atoms with Crippen LogP contribution in [-0.4, -0.2) is 31.2 Å². The zero-order valence-corrected chi connectivity index (χ0v) is 9.66. The third-order valence-corrected chi connectivity index (χ3v) is 2.39. The molecule has 0 aliphatic rings. The quantitative estimate of drug-likeness (QED) is 0.660. The second-order valence-corrected chi connectivity index (χ2v) is 3.87. The van der Waals surface area contributed by atoms with Crippen LogP contribution in [0.2, 0.25) is 0 Å². The van der Waals surface area contributed by atoms with Gasteiger partial charge in [0, 0.05) is 25.0 Å². The summed E-state index contributed by atoms with van der Waals surface area (Å²) in [5.41, 5.74) is 1.37. The highest BCUT2D eigenvalue weighted by Crippen LogP contribution is 1.99. The van der Waals surface area contributed by atoms with Gasteiger partial charge >= 0.3 is 0 Å². The molecule has 0 aliphatic heterocycles. The van der Waals surface area contributed by atoms with Gasteiger partial charge in [0.1, 0.15) is 0 Å². The van der Waals surface area contributed by atoms with E-state index < -0.39 is 0 Å². The molecule has 84 valence electrons. The normalized spacial score (nSPS) is 12.7. The fraction of sp³-hybridized carbons (Fsp3) is 0.583. The highest BCUT2D eigenvalue weighted by atomic mass is 15.0. The van der Waals surface area contributed by atoms with E-state index in [1.165, 1.54) is 12.0 Å². The SMILES string of the molecule is CNCC(C)NCCCc1ccncc1. The summed E-state index contributed by atoms with van der Waals surface area (Å²) in [5, 5.41) is 6.63. The Hall–Kier alpha value is -0.930. The fourth-order valence-electron chi connectivity index (χ4n) is 1.57. The highest BCUT2D eigenvalue weighted by molar-refractivity contribution is 5.09. The van der Waals surface area contributed by atoms with Crippen molar-refractivity contribution in [3.05, 3.63) is 30.1 Å². The van der Waals surface area contributed by atoms with Gasteiger partial charge in [-0.3, -0.25) is 4.98 Å². The van der Waals surface area contributed by atoms with Crippen LogP contribution in [0.25, 0.3) is 0 Å². The van der Waals surface area contributed by atoms with Gasteiger partial charge in [0.15, 0.2) is 0 Å². The maximum Gasteiger partial charge on any atom is 0.0270 e. The van der Waals surface area contributed by atoms with Crippen LogP contribution in [0.4, 0.5) is 0 Å². The summed E-state index contributed by atoms with van der Waals surface area (Å²) in [5.74, 6) is 0. The smallest absolute Gasteiger partial charge is 0.0270 e. The van der Waals surface area contributed by atoms with E-state index in [-0.39, 0.29) is 0 Å². The Morgan fingerprint density at radius 1 is 1.33 bits per heavy atom. The first-order valence-corrected chi connectivity index (χ1v) is 5.60. The Morgan fingerprint density at radius 3 is 2.73 bits per heavy atom. The zero-order chi connectivity index (χ0) is 10.9. The molecule has 1 aromatic heterocycles. The second kappa shape index (κ2) is 7.37. The molecule has 3 heteroatoms. The van der Waals surface area contributed by atoms with Gasteiger partial charge in [-0.15, -0.1) is 0 Å². The molecule has 1 rings (SSSR count). The number of nitrogens with one attached hydrogen (secondary N) is 2. The fourth-order valence-corrected chi connectivity index (χ4v) is 1.57. The number of aryl methyl sites for hydroxylation is 1. The van der Waals surface area contributed by atoms with E-state index in [1.807, 2.05) is 19.4 Å². The average molecular weight is 207 g/mol. The van der Waals surface area contributed by atoms with E-state index in [1.54, 1.807) is 0 Å². The summed E-state index contributed by atoms with van der Waals surface area (Å²) >= 11 is 0. The molecule has 1 unspecified atom stereocenters. The number of likely N-dealkylation sites (N-methyl/N-ethyl adjacent to an activating group) is 1. The van der Waals surface area contributed by atoms with Crippen molar-refractivity contribution in [1.29, 1.82) is 0 Å². The van der Waals surface area contributed by atoms with Gasteiger partial charge in [-0.1, -0.05) is 0 Å². The minimum atomic E-state index is 0.549. The molecular formula is C12H21N3. The van der Waals surface area contributed by atoms with Crippen LogP contribution < -0.4 is 10.6 Å². The van der Waals surface area contributed by atoms with Gasteiger partial charge in [0.05, 0.1) is 0 Å². The Bertz CT molecular complexity index is 248. The van der Waals surface area contributed by atoms with Gasteiger partial charge in [-0.05, 0) is 51.1 Å². The van der Waals surface area contributed by atoms with Crippen molar-refractivity contribution in [3.8, 4) is 0 Å². The van der Waals surface area contributed by atoms with Crippen molar-refractivity contribution in [1.82, 2.24) is 15.6 Å². The third kappa shape index (κ3) is 5.50. The van der Waals surface area contributed by atoms with Crippen molar-refractivity contribution in [2.24, 2.45) is 0 Å². The van der Waals surface area contributed by atoms with Gasteiger partial charge in [0.25, 0.3) is 0 Å². The van der Waals surface area contributed by atoms with E-state index in [0.717, 1.165) is 19.5 Å². The molecular weight excluding hydrogens is 186 g/mol. The maximum atomic E-state index is 4.00. The number of rotatable bonds is 7. The molecule has 0 fully saturated rings. The Balaban J connectivity index is 2.07. The van der Waals surface area contributed by atoms with E-state index >= 15 is 0 Å². The predicted octanol–water partition coefficient (Wildman–Crippen LogP) is 1.21. The second-order valence-electron chi connectivity index (χ2n) is 3.87. The van der Waals surface area contributed by atoms with E-state index in [4.69, 9.17) is 0 Å². The van der Waals surface area contributed by atoms with Crippen LogP contribution in [0, 0.1) is 0 Å².